The highest BCUT2D eigenvalue weighted by atomic mass is 28.3. The first-order valence-corrected chi connectivity index (χ1v) is 13.7. The van der Waals surface area contributed by atoms with Gasteiger partial charge in [0.1, 0.15) is 12.5 Å². The molecule has 1 aromatic rings. The number of carbonyl (C=O) groups excluding carboxylic acids is 1. The van der Waals surface area contributed by atoms with Gasteiger partial charge in [-0.05, 0) is 42.6 Å². The van der Waals surface area contributed by atoms with Gasteiger partial charge < -0.3 is 19.5 Å². The molecule has 166 valence electrons. The molecule has 30 heavy (non-hydrogen) atoms. The highest BCUT2D eigenvalue weighted by Crippen LogP contribution is 2.49. The zero-order chi connectivity index (χ0) is 22.1. The number of ether oxygens (including phenoxy) is 2. The fourth-order valence-corrected chi connectivity index (χ4v) is 4.77. The van der Waals surface area contributed by atoms with E-state index in [1.165, 1.54) is 17.0 Å². The number of halogens is 2. The molecule has 0 aliphatic carbocycles. The van der Waals surface area contributed by atoms with Crippen LogP contribution >= 0.6 is 0 Å². The third-order valence-electron chi connectivity index (χ3n) is 5.76. The van der Waals surface area contributed by atoms with Gasteiger partial charge in [-0.3, -0.25) is 9.69 Å². The third-order valence-corrected chi connectivity index (χ3v) is 7.46. The van der Waals surface area contributed by atoms with Crippen molar-refractivity contribution in [2.24, 2.45) is 0 Å². The first-order valence-electron chi connectivity index (χ1n) is 10.0. The molecule has 1 fully saturated rings. The van der Waals surface area contributed by atoms with E-state index in [1.54, 1.807) is 11.0 Å². The van der Waals surface area contributed by atoms with E-state index >= 15 is 0 Å². The maximum absolute atomic E-state index is 13.4. The van der Waals surface area contributed by atoms with Crippen molar-refractivity contribution < 1.29 is 33.0 Å². The maximum Gasteiger partial charge on any atom is 0.407 e. The predicted octanol–water partition coefficient (Wildman–Crippen LogP) is 3.96. The Labute approximate surface area is 175 Å². The minimum Gasteiger partial charge on any atom is -0.465 e. The number of anilines is 1. The number of carbonyl (C=O) groups is 2. The van der Waals surface area contributed by atoms with Gasteiger partial charge >= 0.3 is 12.7 Å². The molecular weight excluding hydrogens is 414 g/mol. The van der Waals surface area contributed by atoms with Gasteiger partial charge in [-0.15, -0.1) is 0 Å². The molecule has 3 rings (SSSR count). The topological polar surface area (TPSA) is 79.3 Å². The lowest BCUT2D eigenvalue weighted by Gasteiger charge is -2.37. The molecule has 7 nitrogen and oxygen atoms in total. The average Bonchev–Trinajstić information content (AvgIpc) is 2.86. The Kier molecular flexibility index (Phi) is 6.37. The van der Waals surface area contributed by atoms with Crippen LogP contribution in [0, 0.1) is 0 Å². The van der Waals surface area contributed by atoms with Crippen LogP contribution in [0.2, 0.25) is 25.7 Å². The number of piperidine rings is 1. The van der Waals surface area contributed by atoms with E-state index in [0.29, 0.717) is 17.9 Å². The SMILES string of the molecule is C[Si](C)(C)CCOCN1C(=O)C2(CCN(C(=O)O)CC2)c2cc(OC(F)F)ccc21. The minimum absolute atomic E-state index is 0.0157. The lowest BCUT2D eigenvalue weighted by molar-refractivity contribution is -0.125. The average molecular weight is 443 g/mol. The van der Waals surface area contributed by atoms with Crippen LogP contribution in [0.15, 0.2) is 18.2 Å². The van der Waals surface area contributed by atoms with Crippen LogP contribution in [0.4, 0.5) is 19.3 Å². The van der Waals surface area contributed by atoms with E-state index in [9.17, 15) is 23.5 Å². The van der Waals surface area contributed by atoms with Crippen LogP contribution in [-0.2, 0) is 14.9 Å². The van der Waals surface area contributed by atoms with Crippen molar-refractivity contribution in [1.29, 1.82) is 0 Å². The van der Waals surface area contributed by atoms with Crippen LogP contribution in [-0.4, -0.2) is 63.1 Å². The molecule has 0 atom stereocenters. The molecular formula is C20H28F2N2O5Si. The second-order valence-electron chi connectivity index (χ2n) is 8.99. The molecule has 0 bridgehead atoms. The van der Waals surface area contributed by atoms with Gasteiger partial charge in [-0.25, -0.2) is 4.79 Å². The Morgan fingerprint density at radius 2 is 1.93 bits per heavy atom. The van der Waals surface area contributed by atoms with Gasteiger partial charge in [0.05, 0.1) is 11.1 Å². The van der Waals surface area contributed by atoms with Crippen molar-refractivity contribution in [3.63, 3.8) is 0 Å². The van der Waals surface area contributed by atoms with Crippen LogP contribution in [0.3, 0.4) is 0 Å². The molecule has 1 N–H and O–H groups in total. The number of fused-ring (bicyclic) bond motifs is 2. The van der Waals surface area contributed by atoms with Gasteiger partial charge in [0.15, 0.2) is 0 Å². The van der Waals surface area contributed by atoms with Gasteiger partial charge in [-0.2, -0.15) is 8.78 Å². The number of benzene rings is 1. The molecule has 0 unspecified atom stereocenters. The number of carboxylic acid groups (broad SMARTS) is 1. The molecule has 10 heteroatoms. The first kappa shape index (κ1) is 22.5. The number of amides is 2. The Hall–Kier alpha value is -2.20. The highest BCUT2D eigenvalue weighted by molar-refractivity contribution is 6.76. The van der Waals surface area contributed by atoms with Gasteiger partial charge in [-0.1, -0.05) is 19.6 Å². The Bertz CT molecular complexity index is 807. The molecule has 0 saturated carbocycles. The lowest BCUT2D eigenvalue weighted by Crippen LogP contribution is -2.50. The van der Waals surface area contributed by atoms with Crippen molar-refractivity contribution >= 4 is 25.8 Å². The van der Waals surface area contributed by atoms with Crippen molar-refractivity contribution in [2.75, 3.05) is 31.3 Å². The molecule has 2 aliphatic rings. The number of likely N-dealkylation sites (tertiary alicyclic amines) is 1. The number of alkyl halides is 2. The summed E-state index contributed by atoms with van der Waals surface area (Å²) in [5.74, 6) is -0.192. The standard InChI is InChI=1S/C20H28F2N2O5Si/c1-30(2,3)11-10-28-13-24-16-5-4-14(29-18(21)22)12-15(16)20(17(24)25)6-8-23(9-7-20)19(26)27/h4-5,12,18H,6-11,13H2,1-3H3,(H,26,27). The summed E-state index contributed by atoms with van der Waals surface area (Å²) in [7, 11) is -1.28. The molecule has 0 radical (unpaired) electrons. The summed E-state index contributed by atoms with van der Waals surface area (Å²) >= 11 is 0. The first-order chi connectivity index (χ1) is 14.0. The number of hydrogen-bond donors (Lipinski definition) is 1. The van der Waals surface area contributed by atoms with Crippen LogP contribution < -0.4 is 9.64 Å². The van der Waals surface area contributed by atoms with Gasteiger partial charge in [0.25, 0.3) is 0 Å². The normalized spacial score (nSPS) is 18.3. The second kappa shape index (κ2) is 8.50. The monoisotopic (exact) mass is 442 g/mol. The summed E-state index contributed by atoms with van der Waals surface area (Å²) in [6.45, 7) is 4.77. The van der Waals surface area contributed by atoms with Crippen molar-refractivity contribution in [1.82, 2.24) is 4.90 Å². The zero-order valence-corrected chi connectivity index (χ0v) is 18.5. The van der Waals surface area contributed by atoms with Gasteiger partial charge in [0, 0.05) is 27.8 Å². The quantitative estimate of drug-likeness (QED) is 0.511. The van der Waals surface area contributed by atoms with Crippen molar-refractivity contribution in [2.45, 2.75) is 50.6 Å². The number of rotatable bonds is 7. The second-order valence-corrected chi connectivity index (χ2v) is 14.6. The summed E-state index contributed by atoms with van der Waals surface area (Å²) in [6.07, 6.45) is -0.458. The molecule has 2 amide bonds. The Morgan fingerprint density at radius 3 is 2.50 bits per heavy atom. The van der Waals surface area contributed by atoms with Crippen LogP contribution in [0.5, 0.6) is 5.75 Å². The van der Waals surface area contributed by atoms with E-state index < -0.39 is 26.2 Å². The fourth-order valence-electron chi connectivity index (χ4n) is 4.02. The molecule has 1 saturated heterocycles. The molecule has 1 spiro atoms. The third kappa shape index (κ3) is 4.59. The van der Waals surface area contributed by atoms with Crippen LogP contribution in [0.1, 0.15) is 18.4 Å². The van der Waals surface area contributed by atoms with E-state index in [4.69, 9.17) is 4.74 Å². The lowest BCUT2D eigenvalue weighted by atomic mass is 9.73. The summed E-state index contributed by atoms with van der Waals surface area (Å²) in [4.78, 5) is 27.5. The number of nitrogens with zero attached hydrogens (tertiary/aromatic N) is 2. The Morgan fingerprint density at radius 1 is 1.27 bits per heavy atom. The zero-order valence-electron chi connectivity index (χ0n) is 17.5. The van der Waals surface area contributed by atoms with E-state index in [2.05, 4.69) is 24.4 Å². The fraction of sp³-hybridized carbons (Fsp3) is 0.600. The summed E-state index contributed by atoms with van der Waals surface area (Å²) in [5.41, 5.74) is 0.258. The molecule has 1 aromatic carbocycles. The minimum atomic E-state index is -2.97. The van der Waals surface area contributed by atoms with E-state index in [-0.39, 0.29) is 44.3 Å². The highest BCUT2D eigenvalue weighted by Gasteiger charge is 2.52. The predicted molar refractivity (Wildman–Crippen MR) is 110 cm³/mol. The Balaban J connectivity index is 1.85. The summed E-state index contributed by atoms with van der Waals surface area (Å²) in [5, 5.41) is 9.25. The summed E-state index contributed by atoms with van der Waals surface area (Å²) < 4.78 is 35.8. The van der Waals surface area contributed by atoms with E-state index in [1.807, 2.05) is 0 Å². The number of hydrogen-bond acceptors (Lipinski definition) is 4. The summed E-state index contributed by atoms with van der Waals surface area (Å²) in [6, 6.07) is 5.46. The maximum atomic E-state index is 13.4. The molecule has 0 aromatic heterocycles. The smallest absolute Gasteiger partial charge is 0.407 e. The van der Waals surface area contributed by atoms with Crippen molar-refractivity contribution in [3.8, 4) is 5.75 Å². The van der Waals surface area contributed by atoms with E-state index in [0.717, 1.165) is 6.04 Å². The van der Waals surface area contributed by atoms with Gasteiger partial charge in [0.2, 0.25) is 5.91 Å². The largest absolute Gasteiger partial charge is 0.465 e. The molecule has 2 heterocycles. The van der Waals surface area contributed by atoms with Crippen LogP contribution in [0.25, 0.3) is 0 Å². The molecule has 2 aliphatic heterocycles. The van der Waals surface area contributed by atoms with Crippen molar-refractivity contribution in [3.05, 3.63) is 23.8 Å².